The second kappa shape index (κ2) is 5.87. The van der Waals surface area contributed by atoms with Crippen molar-refractivity contribution in [3.63, 3.8) is 0 Å². The van der Waals surface area contributed by atoms with E-state index in [0.29, 0.717) is 29.5 Å². The smallest absolute Gasteiger partial charge is 0.268 e. The predicted molar refractivity (Wildman–Crippen MR) is 84.5 cm³/mol. The van der Waals surface area contributed by atoms with E-state index < -0.39 is 5.60 Å². The molecule has 2 aromatic rings. The molecule has 3 N–H and O–H groups in total. The van der Waals surface area contributed by atoms with Crippen molar-refractivity contribution in [1.29, 1.82) is 0 Å². The molecule has 1 aliphatic rings. The highest BCUT2D eigenvalue weighted by molar-refractivity contribution is 7.17. The molecule has 3 rings (SSSR count). The van der Waals surface area contributed by atoms with E-state index in [-0.39, 0.29) is 5.56 Å². The van der Waals surface area contributed by atoms with Gasteiger partial charge in [-0.1, -0.05) is 6.92 Å². The molecule has 0 unspecified atom stereocenters. The van der Waals surface area contributed by atoms with E-state index in [0.717, 1.165) is 31.2 Å². The molecule has 0 radical (unpaired) electrons. The van der Waals surface area contributed by atoms with Crippen LogP contribution in [0.15, 0.2) is 16.2 Å². The Morgan fingerprint density at radius 2 is 2.29 bits per heavy atom. The molecule has 0 saturated heterocycles. The Morgan fingerprint density at radius 3 is 3.05 bits per heavy atom. The molecular weight excluding hydrogens is 286 g/mol. The number of thiophene rings is 1. The molecule has 6 heteroatoms. The van der Waals surface area contributed by atoms with Gasteiger partial charge in [0.15, 0.2) is 0 Å². The minimum Gasteiger partial charge on any atom is -0.389 e. The lowest BCUT2D eigenvalue weighted by atomic mass is 9.79. The number of aromatic amines is 1. The van der Waals surface area contributed by atoms with Crippen molar-refractivity contribution in [2.24, 2.45) is 5.92 Å². The summed E-state index contributed by atoms with van der Waals surface area (Å²) < 4.78 is 0.665. The van der Waals surface area contributed by atoms with E-state index in [9.17, 15) is 9.90 Å². The molecule has 0 amide bonds. The zero-order valence-electron chi connectivity index (χ0n) is 12.2. The third kappa shape index (κ3) is 3.33. The Labute approximate surface area is 127 Å². The molecule has 5 nitrogen and oxygen atoms in total. The molecule has 0 aliphatic heterocycles. The topological polar surface area (TPSA) is 78.0 Å². The number of hydrogen-bond donors (Lipinski definition) is 3. The normalized spacial score (nSPS) is 26.3. The summed E-state index contributed by atoms with van der Waals surface area (Å²) in [7, 11) is 0. The number of nitrogens with zero attached hydrogens (tertiary/aromatic N) is 1. The van der Waals surface area contributed by atoms with Gasteiger partial charge in [0, 0.05) is 6.54 Å². The highest BCUT2D eigenvalue weighted by Crippen LogP contribution is 2.31. The van der Waals surface area contributed by atoms with Crippen molar-refractivity contribution in [3.8, 4) is 0 Å². The molecule has 1 saturated carbocycles. The van der Waals surface area contributed by atoms with Crippen molar-refractivity contribution in [3.05, 3.63) is 27.6 Å². The third-order valence-electron chi connectivity index (χ3n) is 4.32. The van der Waals surface area contributed by atoms with Gasteiger partial charge in [0.25, 0.3) is 5.56 Å². The molecule has 0 spiro atoms. The standard InChI is InChI=1S/C15H21N3O2S/c1-10-2-5-15(20,6-3-10)9-16-8-12-17-11-4-7-21-13(11)14(19)18-12/h4,7,10,16,20H,2-3,5-6,8-9H2,1H3,(H,17,18,19). The first kappa shape index (κ1) is 14.7. The van der Waals surface area contributed by atoms with E-state index in [2.05, 4.69) is 22.2 Å². The second-order valence-corrected chi connectivity index (χ2v) is 7.07. The van der Waals surface area contributed by atoms with E-state index in [4.69, 9.17) is 0 Å². The number of aromatic nitrogens is 2. The van der Waals surface area contributed by atoms with Crippen molar-refractivity contribution in [2.75, 3.05) is 6.54 Å². The van der Waals surface area contributed by atoms with E-state index in [1.165, 1.54) is 11.3 Å². The summed E-state index contributed by atoms with van der Waals surface area (Å²) in [5, 5.41) is 15.6. The highest BCUT2D eigenvalue weighted by Gasteiger charge is 2.31. The third-order valence-corrected chi connectivity index (χ3v) is 5.22. The molecule has 2 heterocycles. The average Bonchev–Trinajstić information content (AvgIpc) is 2.91. The van der Waals surface area contributed by atoms with Crippen LogP contribution in [0.1, 0.15) is 38.4 Å². The van der Waals surface area contributed by atoms with Gasteiger partial charge >= 0.3 is 0 Å². The predicted octanol–water partition coefficient (Wildman–Crippen LogP) is 2.02. The number of hydrogen-bond acceptors (Lipinski definition) is 5. The maximum absolute atomic E-state index is 11.9. The van der Waals surface area contributed by atoms with Crippen LogP contribution in [-0.2, 0) is 6.54 Å². The summed E-state index contributed by atoms with van der Waals surface area (Å²) in [6, 6.07) is 1.86. The van der Waals surface area contributed by atoms with E-state index in [1.54, 1.807) is 0 Å². The number of fused-ring (bicyclic) bond motifs is 1. The van der Waals surface area contributed by atoms with Gasteiger partial charge in [0.2, 0.25) is 0 Å². The fourth-order valence-corrected chi connectivity index (χ4v) is 3.62. The van der Waals surface area contributed by atoms with Crippen LogP contribution in [0, 0.1) is 5.92 Å². The molecule has 2 aromatic heterocycles. The first-order chi connectivity index (χ1) is 10.1. The number of rotatable bonds is 4. The lowest BCUT2D eigenvalue weighted by Gasteiger charge is -2.35. The SMILES string of the molecule is CC1CCC(O)(CNCc2nc3ccsc3c(=O)[nH]2)CC1. The van der Waals surface area contributed by atoms with E-state index >= 15 is 0 Å². The van der Waals surface area contributed by atoms with Crippen molar-refractivity contribution >= 4 is 21.6 Å². The Bertz CT molecular complexity index is 671. The highest BCUT2D eigenvalue weighted by atomic mass is 32.1. The van der Waals surface area contributed by atoms with Crippen LogP contribution in [-0.4, -0.2) is 27.2 Å². The molecule has 1 fully saturated rings. The van der Waals surface area contributed by atoms with Gasteiger partial charge in [-0.2, -0.15) is 0 Å². The zero-order valence-corrected chi connectivity index (χ0v) is 13.0. The van der Waals surface area contributed by atoms with E-state index in [1.807, 2.05) is 11.4 Å². The molecule has 0 bridgehead atoms. The van der Waals surface area contributed by atoms with Crippen molar-refractivity contribution in [1.82, 2.24) is 15.3 Å². The van der Waals surface area contributed by atoms with Crippen LogP contribution < -0.4 is 10.9 Å². The Kier molecular flexibility index (Phi) is 4.10. The Morgan fingerprint density at radius 1 is 1.52 bits per heavy atom. The number of aliphatic hydroxyl groups is 1. The van der Waals surface area contributed by atoms with Gasteiger partial charge in [-0.3, -0.25) is 4.79 Å². The monoisotopic (exact) mass is 307 g/mol. The van der Waals surface area contributed by atoms with Crippen LogP contribution in [0.5, 0.6) is 0 Å². The molecule has 0 atom stereocenters. The van der Waals surface area contributed by atoms with Crippen LogP contribution in [0.3, 0.4) is 0 Å². The molecule has 1 aliphatic carbocycles. The Balaban J connectivity index is 1.60. The first-order valence-electron chi connectivity index (χ1n) is 7.45. The van der Waals surface area contributed by atoms with Gasteiger partial charge < -0.3 is 15.4 Å². The van der Waals surface area contributed by atoms with Crippen LogP contribution in [0.4, 0.5) is 0 Å². The van der Waals surface area contributed by atoms with Gasteiger partial charge in [0.1, 0.15) is 10.5 Å². The lowest BCUT2D eigenvalue weighted by molar-refractivity contribution is -0.00640. The first-order valence-corrected chi connectivity index (χ1v) is 8.33. The quantitative estimate of drug-likeness (QED) is 0.807. The fourth-order valence-electron chi connectivity index (χ4n) is 2.90. The zero-order chi connectivity index (χ0) is 14.9. The maximum Gasteiger partial charge on any atom is 0.268 e. The van der Waals surface area contributed by atoms with Crippen LogP contribution in [0.2, 0.25) is 0 Å². The second-order valence-electron chi connectivity index (χ2n) is 6.16. The van der Waals surface area contributed by atoms with Crippen molar-refractivity contribution in [2.45, 2.75) is 44.8 Å². The minimum atomic E-state index is -0.612. The fraction of sp³-hybridized carbons (Fsp3) is 0.600. The Hall–Kier alpha value is -1.24. The van der Waals surface area contributed by atoms with Gasteiger partial charge in [-0.05, 0) is 43.0 Å². The summed E-state index contributed by atoms with van der Waals surface area (Å²) in [5.74, 6) is 1.34. The molecular formula is C15H21N3O2S. The van der Waals surface area contributed by atoms with Crippen LogP contribution in [0.25, 0.3) is 10.2 Å². The maximum atomic E-state index is 11.9. The molecule has 21 heavy (non-hydrogen) atoms. The summed E-state index contributed by atoms with van der Waals surface area (Å²) in [6.45, 7) is 3.25. The van der Waals surface area contributed by atoms with Gasteiger partial charge in [-0.15, -0.1) is 11.3 Å². The number of H-pyrrole nitrogens is 1. The van der Waals surface area contributed by atoms with Crippen LogP contribution >= 0.6 is 11.3 Å². The summed E-state index contributed by atoms with van der Waals surface area (Å²) in [4.78, 5) is 19.1. The van der Waals surface area contributed by atoms with Gasteiger partial charge in [-0.25, -0.2) is 4.98 Å². The average molecular weight is 307 g/mol. The summed E-state index contributed by atoms with van der Waals surface area (Å²) in [6.07, 6.45) is 3.84. The number of nitrogens with one attached hydrogen (secondary N) is 2. The van der Waals surface area contributed by atoms with Gasteiger partial charge in [0.05, 0.1) is 17.7 Å². The minimum absolute atomic E-state index is 0.0861. The largest absolute Gasteiger partial charge is 0.389 e. The summed E-state index contributed by atoms with van der Waals surface area (Å²) in [5.41, 5.74) is 0.0435. The summed E-state index contributed by atoms with van der Waals surface area (Å²) >= 11 is 1.40. The lowest BCUT2D eigenvalue weighted by Crippen LogP contribution is -2.43. The van der Waals surface area contributed by atoms with Crippen molar-refractivity contribution < 1.29 is 5.11 Å². The molecule has 0 aromatic carbocycles. The molecule has 114 valence electrons.